The molecule has 11 nitrogen and oxygen atoms in total. The fourth-order valence-electron chi connectivity index (χ4n) is 5.35. The van der Waals surface area contributed by atoms with Gasteiger partial charge in [0.15, 0.2) is 11.6 Å². The van der Waals surface area contributed by atoms with Crippen molar-refractivity contribution in [1.82, 2.24) is 10.2 Å². The SMILES string of the molecule is CC(C)(C)OC(=O)NC(C(=O)Nc1cccc(F)c1OCC1CN(C(=O)OC(C)(C)C)C(CO)CO1)C(c1ccc(F)cc1)c1ccc(F)cc1. The second-order valence-corrected chi connectivity index (χ2v) is 14.0. The van der Waals surface area contributed by atoms with Crippen LogP contribution in [0.25, 0.3) is 0 Å². The van der Waals surface area contributed by atoms with Crippen LogP contribution in [0.4, 0.5) is 28.4 Å². The van der Waals surface area contributed by atoms with Gasteiger partial charge in [0.25, 0.3) is 0 Å². The number of rotatable bonds is 10. The second kappa shape index (κ2) is 16.5. The van der Waals surface area contributed by atoms with Crippen molar-refractivity contribution in [2.75, 3.05) is 31.7 Å². The molecule has 3 atom stereocenters. The van der Waals surface area contributed by atoms with E-state index in [0.29, 0.717) is 11.1 Å². The van der Waals surface area contributed by atoms with Crippen LogP contribution in [0.5, 0.6) is 5.75 Å². The van der Waals surface area contributed by atoms with Crippen LogP contribution in [0.3, 0.4) is 0 Å². The standard InChI is InChI=1S/C37H44F3N3O8/c1-36(2,3)50-34(46)42-31(30(22-10-14-24(38)15-11-22)23-12-16-25(39)17-13-23)33(45)41-29-9-7-8-28(40)32(29)49-21-27-18-43(26(19-44)20-48-27)35(47)51-37(4,5)6/h7-17,26-27,30-31,44H,18-21H2,1-6H3,(H,41,45)(H,42,46). The van der Waals surface area contributed by atoms with Crippen molar-refractivity contribution in [2.45, 2.75) is 76.9 Å². The molecular formula is C37H44F3N3O8. The van der Waals surface area contributed by atoms with Crippen LogP contribution < -0.4 is 15.4 Å². The zero-order valence-electron chi connectivity index (χ0n) is 29.4. The molecule has 0 spiro atoms. The predicted octanol–water partition coefficient (Wildman–Crippen LogP) is 6.14. The van der Waals surface area contributed by atoms with Gasteiger partial charge in [0.05, 0.1) is 31.5 Å². The number of anilines is 1. The Bertz CT molecular complexity index is 1610. The summed E-state index contributed by atoms with van der Waals surface area (Å²) in [4.78, 5) is 41.5. The number of benzene rings is 3. The monoisotopic (exact) mass is 715 g/mol. The van der Waals surface area contributed by atoms with E-state index < -0.39 is 70.9 Å². The summed E-state index contributed by atoms with van der Waals surface area (Å²) in [6, 6.07) is 12.2. The van der Waals surface area contributed by atoms with Crippen LogP contribution in [0.2, 0.25) is 0 Å². The van der Waals surface area contributed by atoms with Gasteiger partial charge in [-0.05, 0) is 89.1 Å². The minimum absolute atomic E-state index is 0.0309. The number of morpholine rings is 1. The van der Waals surface area contributed by atoms with Crippen LogP contribution in [0.15, 0.2) is 66.7 Å². The smallest absolute Gasteiger partial charge is 0.410 e. The number of ether oxygens (including phenoxy) is 4. The quantitative estimate of drug-likeness (QED) is 0.228. The predicted molar refractivity (Wildman–Crippen MR) is 182 cm³/mol. The molecule has 0 bridgehead atoms. The summed E-state index contributed by atoms with van der Waals surface area (Å²) in [5, 5.41) is 15.0. The first kappa shape index (κ1) is 39.0. The second-order valence-electron chi connectivity index (χ2n) is 14.0. The highest BCUT2D eigenvalue weighted by molar-refractivity contribution is 5.98. The number of hydrogen-bond acceptors (Lipinski definition) is 8. The largest absolute Gasteiger partial charge is 0.486 e. The number of nitrogens with zero attached hydrogens (tertiary/aromatic N) is 1. The third-order valence-corrected chi connectivity index (χ3v) is 7.59. The molecule has 1 heterocycles. The Balaban J connectivity index is 1.63. The van der Waals surface area contributed by atoms with Gasteiger partial charge in [0.2, 0.25) is 5.91 Å². The Kier molecular flexibility index (Phi) is 12.6. The van der Waals surface area contributed by atoms with Crippen molar-refractivity contribution in [3.05, 3.63) is 95.3 Å². The molecule has 3 N–H and O–H groups in total. The average Bonchev–Trinajstić information content (AvgIpc) is 3.04. The number of amides is 3. The highest BCUT2D eigenvalue weighted by Gasteiger charge is 2.37. The van der Waals surface area contributed by atoms with Gasteiger partial charge in [-0.2, -0.15) is 0 Å². The van der Waals surface area contributed by atoms with Gasteiger partial charge in [0, 0.05) is 5.92 Å². The van der Waals surface area contributed by atoms with E-state index in [2.05, 4.69) is 10.6 Å². The van der Waals surface area contributed by atoms with Gasteiger partial charge < -0.3 is 34.7 Å². The van der Waals surface area contributed by atoms with Gasteiger partial charge in [-0.3, -0.25) is 9.69 Å². The molecule has 3 aromatic rings. The molecule has 1 fully saturated rings. The normalized spacial score (nSPS) is 17.0. The molecule has 4 rings (SSSR count). The first-order valence-corrected chi connectivity index (χ1v) is 16.4. The van der Waals surface area contributed by atoms with Gasteiger partial charge in [-0.25, -0.2) is 22.8 Å². The number of hydrogen-bond donors (Lipinski definition) is 3. The molecule has 1 aliphatic heterocycles. The Labute approximate surface area is 295 Å². The molecular weight excluding hydrogens is 671 g/mol. The maximum Gasteiger partial charge on any atom is 0.410 e. The van der Waals surface area contributed by atoms with E-state index >= 15 is 4.39 Å². The zero-order valence-corrected chi connectivity index (χ0v) is 29.4. The Morgan fingerprint density at radius 1 is 0.882 bits per heavy atom. The summed E-state index contributed by atoms with van der Waals surface area (Å²) >= 11 is 0. The highest BCUT2D eigenvalue weighted by Crippen LogP contribution is 2.33. The third kappa shape index (κ3) is 11.1. The Morgan fingerprint density at radius 2 is 1.45 bits per heavy atom. The minimum atomic E-state index is -1.45. The van der Waals surface area contributed by atoms with Gasteiger partial charge in [-0.15, -0.1) is 0 Å². The number of para-hydroxylation sites is 1. The Morgan fingerprint density at radius 3 is 1.98 bits per heavy atom. The van der Waals surface area contributed by atoms with Crippen molar-refractivity contribution in [3.63, 3.8) is 0 Å². The van der Waals surface area contributed by atoms with E-state index in [9.17, 15) is 28.3 Å². The van der Waals surface area contributed by atoms with Crippen molar-refractivity contribution >= 4 is 23.8 Å². The van der Waals surface area contributed by atoms with E-state index in [0.717, 1.165) is 6.07 Å². The molecule has 3 unspecified atom stereocenters. The lowest BCUT2D eigenvalue weighted by molar-refractivity contribution is -0.118. The van der Waals surface area contributed by atoms with E-state index in [1.54, 1.807) is 41.5 Å². The summed E-state index contributed by atoms with van der Waals surface area (Å²) in [6.07, 6.45) is -2.36. The van der Waals surface area contributed by atoms with Crippen LogP contribution in [-0.2, 0) is 19.0 Å². The van der Waals surface area contributed by atoms with Crippen LogP contribution in [-0.4, -0.2) is 83.9 Å². The minimum Gasteiger partial charge on any atom is -0.486 e. The lowest BCUT2D eigenvalue weighted by Gasteiger charge is -2.39. The number of alkyl carbamates (subject to hydrolysis) is 1. The van der Waals surface area contributed by atoms with Crippen LogP contribution in [0.1, 0.15) is 58.6 Å². The molecule has 3 amide bonds. The topological polar surface area (TPSA) is 136 Å². The number of aliphatic hydroxyl groups is 1. The maximum absolute atomic E-state index is 15.3. The zero-order chi connectivity index (χ0) is 37.5. The van der Waals surface area contributed by atoms with Crippen molar-refractivity contribution in [2.24, 2.45) is 0 Å². The molecule has 276 valence electrons. The molecule has 3 aromatic carbocycles. The molecule has 0 aliphatic carbocycles. The average molecular weight is 716 g/mol. The van der Waals surface area contributed by atoms with Gasteiger partial charge in [-0.1, -0.05) is 30.3 Å². The third-order valence-electron chi connectivity index (χ3n) is 7.59. The van der Waals surface area contributed by atoms with E-state index in [1.165, 1.54) is 65.6 Å². The summed E-state index contributed by atoms with van der Waals surface area (Å²) in [7, 11) is 0. The first-order valence-electron chi connectivity index (χ1n) is 16.4. The lowest BCUT2D eigenvalue weighted by Crippen LogP contribution is -2.56. The summed E-state index contributed by atoms with van der Waals surface area (Å²) < 4.78 is 65.8. The van der Waals surface area contributed by atoms with Gasteiger partial charge in [0.1, 0.15) is 41.6 Å². The highest BCUT2D eigenvalue weighted by atomic mass is 19.1. The lowest BCUT2D eigenvalue weighted by atomic mass is 9.84. The number of nitrogens with one attached hydrogen (secondary N) is 2. The maximum atomic E-state index is 15.3. The molecule has 14 heteroatoms. The van der Waals surface area contributed by atoms with E-state index in [4.69, 9.17) is 18.9 Å². The Hall–Kier alpha value is -4.82. The number of halogens is 3. The summed E-state index contributed by atoms with van der Waals surface area (Å²) in [5.74, 6) is -4.08. The number of carbonyl (C=O) groups is 3. The first-order chi connectivity index (χ1) is 23.9. The molecule has 1 aliphatic rings. The van der Waals surface area contributed by atoms with E-state index in [1.807, 2.05) is 0 Å². The summed E-state index contributed by atoms with van der Waals surface area (Å²) in [5.41, 5.74) is -1.02. The van der Waals surface area contributed by atoms with Crippen molar-refractivity contribution in [1.29, 1.82) is 0 Å². The van der Waals surface area contributed by atoms with E-state index in [-0.39, 0.29) is 37.8 Å². The molecule has 1 saturated heterocycles. The molecule has 0 saturated carbocycles. The number of carbonyl (C=O) groups excluding carboxylic acids is 3. The van der Waals surface area contributed by atoms with Crippen molar-refractivity contribution in [3.8, 4) is 5.75 Å². The van der Waals surface area contributed by atoms with Gasteiger partial charge >= 0.3 is 12.2 Å². The molecule has 0 aromatic heterocycles. The fourth-order valence-corrected chi connectivity index (χ4v) is 5.35. The summed E-state index contributed by atoms with van der Waals surface area (Å²) in [6.45, 7) is 9.37. The number of aliphatic hydroxyl groups excluding tert-OH is 1. The molecule has 51 heavy (non-hydrogen) atoms. The molecule has 0 radical (unpaired) electrons. The van der Waals surface area contributed by atoms with Crippen molar-refractivity contribution < 1.29 is 51.6 Å². The van der Waals surface area contributed by atoms with Crippen LogP contribution in [0, 0.1) is 17.5 Å². The fraction of sp³-hybridized carbons (Fsp3) is 0.432. The van der Waals surface area contributed by atoms with Crippen LogP contribution >= 0.6 is 0 Å².